The van der Waals surface area contributed by atoms with Gasteiger partial charge in [-0.05, 0) is 37.8 Å². The van der Waals surface area contributed by atoms with Crippen LogP contribution in [0.1, 0.15) is 43.2 Å². The highest BCUT2D eigenvalue weighted by Crippen LogP contribution is 2.59. The summed E-state index contributed by atoms with van der Waals surface area (Å²) in [5.41, 5.74) is -0.816. The van der Waals surface area contributed by atoms with Gasteiger partial charge in [0.1, 0.15) is 11.7 Å². The average Bonchev–Trinajstić information content (AvgIpc) is 3.25. The molecule has 2 saturated carbocycles. The van der Waals surface area contributed by atoms with Crippen LogP contribution in [0.5, 0.6) is 0 Å². The van der Waals surface area contributed by atoms with E-state index in [0.29, 0.717) is 24.0 Å². The Kier molecular flexibility index (Phi) is 3.21. The van der Waals surface area contributed by atoms with E-state index < -0.39 is 11.0 Å². The highest BCUT2D eigenvalue weighted by molar-refractivity contribution is 5.49. The van der Waals surface area contributed by atoms with Crippen molar-refractivity contribution in [2.24, 2.45) is 11.3 Å². The Morgan fingerprint density at radius 3 is 2.29 bits per heavy atom. The smallest absolute Gasteiger partial charge is 0.147 e. The van der Waals surface area contributed by atoms with Crippen molar-refractivity contribution in [2.75, 3.05) is 0 Å². The average molecular weight is 276 g/mol. The van der Waals surface area contributed by atoms with Gasteiger partial charge in [0.2, 0.25) is 0 Å². The van der Waals surface area contributed by atoms with Crippen LogP contribution in [-0.2, 0) is 0 Å². The first kappa shape index (κ1) is 13.7. The lowest BCUT2D eigenvalue weighted by molar-refractivity contribution is -0.0404. The Balaban J connectivity index is 1.99. The number of nitriles is 2. The lowest BCUT2D eigenvalue weighted by Gasteiger charge is -2.41. The summed E-state index contributed by atoms with van der Waals surface area (Å²) in [7, 11) is 0. The van der Waals surface area contributed by atoms with Gasteiger partial charge in [0, 0.05) is 11.5 Å². The molecule has 0 aliphatic heterocycles. The molecule has 1 atom stereocenters. The molecule has 2 aliphatic carbocycles. The minimum absolute atomic E-state index is 0.0846. The number of hydrogen-bond acceptors (Lipinski definition) is 3. The molecule has 0 aromatic heterocycles. The van der Waals surface area contributed by atoms with Crippen molar-refractivity contribution in [3.05, 3.63) is 35.4 Å². The highest BCUT2D eigenvalue weighted by Gasteiger charge is 2.63. The molecule has 1 aromatic rings. The van der Waals surface area contributed by atoms with E-state index in [1.807, 2.05) is 6.07 Å². The van der Waals surface area contributed by atoms with Crippen molar-refractivity contribution in [2.45, 2.75) is 37.7 Å². The maximum Gasteiger partial charge on any atom is 0.147 e. The summed E-state index contributed by atoms with van der Waals surface area (Å²) in [6.07, 6.45) is 4.37. The molecule has 0 spiro atoms. The van der Waals surface area contributed by atoms with Crippen molar-refractivity contribution in [1.82, 2.24) is 0 Å². The monoisotopic (exact) mass is 276 g/mol. The molecule has 2 aliphatic rings. The van der Waals surface area contributed by atoms with Crippen LogP contribution < -0.4 is 0 Å². The normalized spacial score (nSPS) is 21.7. The lowest BCUT2D eigenvalue weighted by atomic mass is 9.66. The van der Waals surface area contributed by atoms with Crippen molar-refractivity contribution in [1.29, 1.82) is 10.5 Å². The summed E-state index contributed by atoms with van der Waals surface area (Å²) in [5, 5.41) is 29.6. The third kappa shape index (κ3) is 2.09. The molecular weight excluding hydrogens is 260 g/mol. The maximum absolute atomic E-state index is 11.1. The third-order valence-electron chi connectivity index (χ3n) is 4.82. The Bertz CT molecular complexity index is 705. The molecule has 1 aromatic carbocycles. The van der Waals surface area contributed by atoms with E-state index in [0.717, 1.165) is 19.3 Å². The Morgan fingerprint density at radius 1 is 1.14 bits per heavy atom. The fraction of sp³-hybridized carbons (Fsp3) is 0.444. The van der Waals surface area contributed by atoms with Crippen molar-refractivity contribution < 1.29 is 5.11 Å². The molecule has 0 heterocycles. The molecule has 0 saturated heterocycles. The van der Waals surface area contributed by atoms with E-state index in [1.54, 1.807) is 18.2 Å². The Hall–Kier alpha value is -2.28. The second-order valence-electron chi connectivity index (χ2n) is 6.00. The van der Waals surface area contributed by atoms with Crippen LogP contribution in [0.25, 0.3) is 0 Å². The van der Waals surface area contributed by atoms with E-state index in [-0.39, 0.29) is 5.92 Å². The van der Waals surface area contributed by atoms with Gasteiger partial charge in [0.25, 0.3) is 0 Å². The minimum Gasteiger partial charge on any atom is -0.376 e. The van der Waals surface area contributed by atoms with Crippen LogP contribution in [0.2, 0.25) is 0 Å². The quantitative estimate of drug-likeness (QED) is 0.844. The highest BCUT2D eigenvalue weighted by atomic mass is 16.3. The molecule has 3 nitrogen and oxygen atoms in total. The van der Waals surface area contributed by atoms with Crippen LogP contribution in [0.3, 0.4) is 0 Å². The first-order chi connectivity index (χ1) is 10.1. The van der Waals surface area contributed by atoms with E-state index in [1.165, 1.54) is 0 Å². The molecule has 3 heteroatoms. The van der Waals surface area contributed by atoms with Gasteiger partial charge in [-0.1, -0.05) is 30.4 Å². The molecule has 21 heavy (non-hydrogen) atoms. The number of hydrogen-bond donors (Lipinski definition) is 1. The predicted octanol–water partition coefficient (Wildman–Crippen LogP) is 2.74. The molecule has 2 fully saturated rings. The summed E-state index contributed by atoms with van der Waals surface area (Å²) in [6, 6.07) is 11.5. The first-order valence-corrected chi connectivity index (χ1v) is 7.31. The van der Waals surface area contributed by atoms with E-state index in [2.05, 4.69) is 24.0 Å². The molecule has 0 amide bonds. The SMILES string of the molecule is N#Cc1ccccc1C#C[C@](O)(C1CCC1)C1(C#N)CC1. The van der Waals surface area contributed by atoms with Crippen LogP contribution >= 0.6 is 0 Å². The Morgan fingerprint density at radius 2 is 1.81 bits per heavy atom. The molecular formula is C18H16N2O. The molecule has 1 N–H and O–H groups in total. The first-order valence-electron chi connectivity index (χ1n) is 7.31. The maximum atomic E-state index is 11.1. The summed E-state index contributed by atoms with van der Waals surface area (Å²) in [6.45, 7) is 0. The second-order valence-corrected chi connectivity index (χ2v) is 6.00. The van der Waals surface area contributed by atoms with E-state index in [9.17, 15) is 10.4 Å². The van der Waals surface area contributed by atoms with Crippen molar-refractivity contribution in [3.63, 3.8) is 0 Å². The summed E-state index contributed by atoms with van der Waals surface area (Å²) < 4.78 is 0. The van der Waals surface area contributed by atoms with Crippen LogP contribution in [0.4, 0.5) is 0 Å². The summed E-state index contributed by atoms with van der Waals surface area (Å²) in [4.78, 5) is 0. The Labute approximate surface area is 124 Å². The standard InChI is InChI=1S/C18H16N2O/c19-12-15-5-2-1-4-14(15)8-9-18(21,16-6-3-7-16)17(13-20)10-11-17/h1-2,4-5,16,21H,3,6-7,10-11H2/t18-/m0/s1. The van der Waals surface area contributed by atoms with Gasteiger partial charge in [0.15, 0.2) is 0 Å². The fourth-order valence-corrected chi connectivity index (χ4v) is 2.99. The van der Waals surface area contributed by atoms with Gasteiger partial charge < -0.3 is 5.11 Å². The van der Waals surface area contributed by atoms with Gasteiger partial charge in [-0.15, -0.1) is 0 Å². The van der Waals surface area contributed by atoms with Gasteiger partial charge in [-0.25, -0.2) is 0 Å². The van der Waals surface area contributed by atoms with Crippen molar-refractivity contribution in [3.8, 4) is 24.0 Å². The molecule has 0 bridgehead atoms. The van der Waals surface area contributed by atoms with Gasteiger partial charge in [-0.2, -0.15) is 10.5 Å². The zero-order valence-electron chi connectivity index (χ0n) is 11.8. The second kappa shape index (κ2) is 4.92. The van der Waals surface area contributed by atoms with E-state index >= 15 is 0 Å². The number of aliphatic hydroxyl groups is 1. The van der Waals surface area contributed by atoms with Crippen LogP contribution in [0.15, 0.2) is 24.3 Å². The third-order valence-corrected chi connectivity index (χ3v) is 4.82. The molecule has 104 valence electrons. The fourth-order valence-electron chi connectivity index (χ4n) is 2.99. The van der Waals surface area contributed by atoms with Gasteiger partial charge in [0.05, 0.1) is 17.0 Å². The molecule has 0 unspecified atom stereocenters. The molecule has 0 radical (unpaired) electrons. The number of benzene rings is 1. The van der Waals surface area contributed by atoms with Gasteiger partial charge >= 0.3 is 0 Å². The zero-order valence-corrected chi connectivity index (χ0v) is 11.8. The predicted molar refractivity (Wildman–Crippen MR) is 77.6 cm³/mol. The number of nitrogens with zero attached hydrogens (tertiary/aromatic N) is 2. The van der Waals surface area contributed by atoms with Crippen LogP contribution in [-0.4, -0.2) is 10.7 Å². The van der Waals surface area contributed by atoms with E-state index in [4.69, 9.17) is 5.26 Å². The minimum atomic E-state index is -1.23. The van der Waals surface area contributed by atoms with Crippen molar-refractivity contribution >= 4 is 0 Å². The lowest BCUT2D eigenvalue weighted by Crippen LogP contribution is -2.48. The number of rotatable bonds is 2. The topological polar surface area (TPSA) is 67.8 Å². The van der Waals surface area contributed by atoms with Gasteiger partial charge in [-0.3, -0.25) is 0 Å². The largest absolute Gasteiger partial charge is 0.376 e. The summed E-state index contributed by atoms with van der Waals surface area (Å²) >= 11 is 0. The molecule has 3 rings (SSSR count). The van der Waals surface area contributed by atoms with Crippen LogP contribution in [0, 0.1) is 45.8 Å². The zero-order chi connectivity index (χ0) is 14.9. The summed E-state index contributed by atoms with van der Waals surface area (Å²) in [5.74, 6) is 6.02.